The molecule has 0 fully saturated rings. The van der Waals surface area contributed by atoms with Gasteiger partial charge in [-0.3, -0.25) is 18.8 Å². The Balaban J connectivity index is 1.56. The van der Waals surface area contributed by atoms with E-state index in [0.717, 1.165) is 11.1 Å². The maximum atomic E-state index is 12.3. The lowest BCUT2D eigenvalue weighted by Gasteiger charge is -2.10. The van der Waals surface area contributed by atoms with Crippen molar-refractivity contribution >= 4 is 17.5 Å². The van der Waals surface area contributed by atoms with Gasteiger partial charge >= 0.3 is 0 Å². The molecule has 0 aliphatic carbocycles. The largest absolute Gasteiger partial charge is 0.355 e. The molecular formula is C19H20N6O3. The number of benzene rings is 1. The highest BCUT2D eigenvalue weighted by Crippen LogP contribution is 2.09. The number of aromatic amines is 1. The van der Waals surface area contributed by atoms with Crippen LogP contribution in [-0.2, 0) is 29.0 Å². The predicted molar refractivity (Wildman–Crippen MR) is 103 cm³/mol. The van der Waals surface area contributed by atoms with E-state index in [2.05, 4.69) is 32.4 Å². The molecule has 0 atom stereocenters. The number of nitrogens with one attached hydrogen (secondary N) is 3. The summed E-state index contributed by atoms with van der Waals surface area (Å²) in [6.45, 7) is 4.11. The van der Waals surface area contributed by atoms with Gasteiger partial charge in [0.1, 0.15) is 5.82 Å². The molecular weight excluding hydrogens is 360 g/mol. The van der Waals surface area contributed by atoms with E-state index < -0.39 is 0 Å². The highest BCUT2D eigenvalue weighted by atomic mass is 16.2. The Morgan fingerprint density at radius 1 is 1.18 bits per heavy atom. The summed E-state index contributed by atoms with van der Waals surface area (Å²) in [7, 11) is 0. The van der Waals surface area contributed by atoms with E-state index in [4.69, 9.17) is 0 Å². The zero-order chi connectivity index (χ0) is 19.9. The molecule has 3 aromatic rings. The lowest BCUT2D eigenvalue weighted by molar-refractivity contribution is -0.120. The fourth-order valence-electron chi connectivity index (χ4n) is 2.76. The highest BCUT2D eigenvalue weighted by molar-refractivity contribution is 5.86. The molecule has 0 saturated carbocycles. The predicted octanol–water partition coefficient (Wildman–Crippen LogP) is 0.121. The number of aromatic nitrogens is 4. The zero-order valence-electron chi connectivity index (χ0n) is 15.1. The standard InChI is InChI=1S/C19H20N6O3/c1-2-16(26)22-12-14-6-4-3-5-13(14)11-17(27)20-8-7-15-23-24-18-19(28)21-9-10-25(15)18/h2-6,9-10H,1,7-8,11-12H2,(H,20,27)(H,21,28)(H,22,26). The normalized spacial score (nSPS) is 10.6. The van der Waals surface area contributed by atoms with Crippen LogP contribution in [0.4, 0.5) is 0 Å². The second-order valence-electron chi connectivity index (χ2n) is 6.07. The van der Waals surface area contributed by atoms with Gasteiger partial charge in [0.15, 0.2) is 0 Å². The molecule has 2 aromatic heterocycles. The van der Waals surface area contributed by atoms with E-state index in [1.165, 1.54) is 12.3 Å². The van der Waals surface area contributed by atoms with Crippen molar-refractivity contribution in [3.63, 3.8) is 0 Å². The van der Waals surface area contributed by atoms with Crippen molar-refractivity contribution in [3.8, 4) is 0 Å². The highest BCUT2D eigenvalue weighted by Gasteiger charge is 2.10. The molecule has 28 heavy (non-hydrogen) atoms. The minimum absolute atomic E-state index is 0.144. The van der Waals surface area contributed by atoms with Crippen LogP contribution in [0.25, 0.3) is 5.65 Å². The van der Waals surface area contributed by atoms with Gasteiger partial charge in [-0.15, -0.1) is 10.2 Å². The van der Waals surface area contributed by atoms with Gasteiger partial charge in [-0.2, -0.15) is 0 Å². The van der Waals surface area contributed by atoms with Crippen molar-refractivity contribution in [2.24, 2.45) is 0 Å². The average molecular weight is 380 g/mol. The lowest BCUT2D eigenvalue weighted by Crippen LogP contribution is -2.28. The molecule has 2 amide bonds. The number of carbonyl (C=O) groups is 2. The first-order valence-corrected chi connectivity index (χ1v) is 8.73. The van der Waals surface area contributed by atoms with Crippen molar-refractivity contribution in [3.05, 3.63) is 76.6 Å². The Bertz CT molecular complexity index is 1070. The van der Waals surface area contributed by atoms with Crippen LogP contribution in [0.15, 0.2) is 54.1 Å². The van der Waals surface area contributed by atoms with Crippen LogP contribution in [0.5, 0.6) is 0 Å². The molecule has 3 N–H and O–H groups in total. The number of amides is 2. The molecule has 2 heterocycles. The summed E-state index contributed by atoms with van der Waals surface area (Å²) < 4.78 is 1.60. The summed E-state index contributed by atoms with van der Waals surface area (Å²) in [4.78, 5) is 37.8. The molecule has 3 rings (SSSR count). The van der Waals surface area contributed by atoms with Gasteiger partial charge in [0.2, 0.25) is 17.5 Å². The Hall–Kier alpha value is -3.75. The number of rotatable bonds is 8. The van der Waals surface area contributed by atoms with Crippen LogP contribution >= 0.6 is 0 Å². The zero-order valence-corrected chi connectivity index (χ0v) is 15.1. The van der Waals surface area contributed by atoms with Crippen LogP contribution in [0, 0.1) is 0 Å². The van der Waals surface area contributed by atoms with Gasteiger partial charge < -0.3 is 15.6 Å². The minimum Gasteiger partial charge on any atom is -0.355 e. The van der Waals surface area contributed by atoms with Gasteiger partial charge in [-0.25, -0.2) is 0 Å². The number of nitrogens with zero attached hydrogens (tertiary/aromatic N) is 3. The van der Waals surface area contributed by atoms with Gasteiger partial charge in [0.05, 0.1) is 6.42 Å². The van der Waals surface area contributed by atoms with Crippen molar-refractivity contribution in [1.29, 1.82) is 0 Å². The molecule has 0 unspecified atom stereocenters. The number of hydrogen-bond acceptors (Lipinski definition) is 5. The molecule has 9 heteroatoms. The molecule has 9 nitrogen and oxygen atoms in total. The molecule has 0 aliphatic rings. The number of fused-ring (bicyclic) bond motifs is 1. The first-order chi connectivity index (χ1) is 13.6. The topological polar surface area (TPSA) is 121 Å². The van der Waals surface area contributed by atoms with Crippen molar-refractivity contribution in [2.75, 3.05) is 6.54 Å². The fourth-order valence-corrected chi connectivity index (χ4v) is 2.76. The van der Waals surface area contributed by atoms with Crippen LogP contribution < -0.4 is 16.2 Å². The van der Waals surface area contributed by atoms with Crippen molar-refractivity contribution in [2.45, 2.75) is 19.4 Å². The second kappa shape index (κ2) is 8.76. The van der Waals surface area contributed by atoms with E-state index in [9.17, 15) is 14.4 Å². The van der Waals surface area contributed by atoms with E-state index in [1.807, 2.05) is 24.3 Å². The lowest BCUT2D eigenvalue weighted by atomic mass is 10.0. The SMILES string of the molecule is C=CC(=O)NCc1ccccc1CC(=O)NCCc1nnc2c(=O)[nH]ccn12. The van der Waals surface area contributed by atoms with E-state index in [0.29, 0.717) is 25.3 Å². The number of carbonyl (C=O) groups excluding carboxylic acids is 2. The van der Waals surface area contributed by atoms with Crippen molar-refractivity contribution in [1.82, 2.24) is 30.2 Å². The second-order valence-corrected chi connectivity index (χ2v) is 6.07. The first-order valence-electron chi connectivity index (χ1n) is 8.73. The average Bonchev–Trinajstić information content (AvgIpc) is 3.11. The number of H-pyrrole nitrogens is 1. The van der Waals surface area contributed by atoms with Crippen molar-refractivity contribution < 1.29 is 9.59 Å². The molecule has 0 radical (unpaired) electrons. The smallest absolute Gasteiger partial charge is 0.293 e. The quantitative estimate of drug-likeness (QED) is 0.479. The Morgan fingerprint density at radius 2 is 1.96 bits per heavy atom. The van der Waals surface area contributed by atoms with E-state index in [1.54, 1.807) is 10.6 Å². The monoisotopic (exact) mass is 380 g/mol. The fraction of sp³-hybridized carbons (Fsp3) is 0.211. The summed E-state index contributed by atoms with van der Waals surface area (Å²) in [5, 5.41) is 13.4. The third-order valence-corrected chi connectivity index (χ3v) is 4.19. The van der Waals surface area contributed by atoms with Gasteiger partial charge in [0.25, 0.3) is 5.56 Å². The minimum atomic E-state index is -0.314. The maximum Gasteiger partial charge on any atom is 0.293 e. The maximum absolute atomic E-state index is 12.3. The van der Waals surface area contributed by atoms with Gasteiger partial charge in [-0.1, -0.05) is 30.8 Å². The van der Waals surface area contributed by atoms with Crippen LogP contribution in [0.3, 0.4) is 0 Å². The molecule has 0 saturated heterocycles. The van der Waals surface area contributed by atoms with E-state index >= 15 is 0 Å². The Kier molecular flexibility index (Phi) is 5.95. The summed E-state index contributed by atoms with van der Waals surface area (Å²) in [6.07, 6.45) is 5.02. The summed E-state index contributed by atoms with van der Waals surface area (Å²) in [5.74, 6) is 0.182. The Labute approximate surface area is 160 Å². The third kappa shape index (κ3) is 4.50. The van der Waals surface area contributed by atoms with E-state index in [-0.39, 0.29) is 29.4 Å². The summed E-state index contributed by atoms with van der Waals surface area (Å²) >= 11 is 0. The van der Waals surface area contributed by atoms with Crippen LogP contribution in [0.1, 0.15) is 17.0 Å². The van der Waals surface area contributed by atoms with Gasteiger partial charge in [0, 0.05) is 31.9 Å². The first kappa shape index (κ1) is 19.0. The molecule has 0 bridgehead atoms. The van der Waals surface area contributed by atoms with Crippen LogP contribution in [-0.4, -0.2) is 37.9 Å². The molecule has 0 aliphatic heterocycles. The van der Waals surface area contributed by atoms with Crippen LogP contribution in [0.2, 0.25) is 0 Å². The molecule has 0 spiro atoms. The number of hydrogen-bond donors (Lipinski definition) is 3. The molecule has 144 valence electrons. The summed E-state index contributed by atoms with van der Waals surface area (Å²) in [5.41, 5.74) is 1.61. The van der Waals surface area contributed by atoms with Gasteiger partial charge in [-0.05, 0) is 17.2 Å². The summed E-state index contributed by atoms with van der Waals surface area (Å²) in [6, 6.07) is 7.43. The Morgan fingerprint density at radius 3 is 2.75 bits per heavy atom. The molecule has 1 aromatic carbocycles. The third-order valence-electron chi connectivity index (χ3n) is 4.19.